The van der Waals surface area contributed by atoms with Gasteiger partial charge in [0.15, 0.2) is 0 Å². The van der Waals surface area contributed by atoms with Crippen molar-refractivity contribution in [2.45, 2.75) is 63.3 Å². The molecule has 2 aliphatic heterocycles. The second kappa shape index (κ2) is 8.54. The molecule has 2 aromatic carbocycles. The minimum Gasteiger partial charge on any atom is -0.468 e. The van der Waals surface area contributed by atoms with Crippen molar-refractivity contribution in [3.8, 4) is 0 Å². The van der Waals surface area contributed by atoms with Crippen LogP contribution in [0, 0.1) is 0 Å². The fourth-order valence-electron chi connectivity index (χ4n) is 5.79. The van der Waals surface area contributed by atoms with Crippen LogP contribution in [0.1, 0.15) is 55.6 Å². The van der Waals surface area contributed by atoms with E-state index in [1.54, 1.807) is 0 Å². The van der Waals surface area contributed by atoms with Crippen LogP contribution in [-0.4, -0.2) is 41.1 Å². The summed E-state index contributed by atoms with van der Waals surface area (Å²) in [5.74, 6) is -0.173. The van der Waals surface area contributed by atoms with E-state index in [-0.39, 0.29) is 24.1 Å². The monoisotopic (exact) mass is 451 g/mol. The number of nitrogens with zero attached hydrogens (tertiary/aromatic N) is 1. The number of aromatic amines is 1. The van der Waals surface area contributed by atoms with Gasteiger partial charge in [-0.1, -0.05) is 55.8 Å². The molecule has 0 bridgehead atoms. The number of aromatic nitrogens is 1. The Balaban J connectivity index is 1.67. The van der Waals surface area contributed by atoms with Crippen molar-refractivity contribution in [3.05, 3.63) is 70.4 Å². The third kappa shape index (κ3) is 3.72. The molecule has 4 atom stereocenters. The number of piperidine rings is 1. The molecule has 0 unspecified atom stereocenters. The fraction of sp³-hybridized carbons (Fsp3) is 0.423. The summed E-state index contributed by atoms with van der Waals surface area (Å²) >= 11 is 6.39. The summed E-state index contributed by atoms with van der Waals surface area (Å²) in [5, 5.41) is 5.68. The van der Waals surface area contributed by atoms with Gasteiger partial charge >= 0.3 is 5.97 Å². The van der Waals surface area contributed by atoms with E-state index in [0.717, 1.165) is 28.9 Å². The van der Waals surface area contributed by atoms with Gasteiger partial charge in [0.05, 0.1) is 13.2 Å². The van der Waals surface area contributed by atoms with Crippen LogP contribution in [0.3, 0.4) is 0 Å². The molecule has 6 heteroatoms. The smallest absolute Gasteiger partial charge is 0.323 e. The van der Waals surface area contributed by atoms with Crippen molar-refractivity contribution in [2.75, 3.05) is 7.11 Å². The van der Waals surface area contributed by atoms with E-state index in [9.17, 15) is 4.79 Å². The maximum Gasteiger partial charge on any atom is 0.323 e. The Kier molecular flexibility index (Phi) is 5.74. The SMILES string of the molecule is COC(=O)[C@@H]1Cc2c([nH]c3ccccc23)[C@H]2C[C@H](NC(C)C)C[C@@H](c3cccc(Cl)c3)N21. The van der Waals surface area contributed by atoms with Crippen LogP contribution in [0.2, 0.25) is 5.02 Å². The van der Waals surface area contributed by atoms with E-state index in [2.05, 4.69) is 59.4 Å². The Morgan fingerprint density at radius 1 is 1.16 bits per heavy atom. The average molecular weight is 452 g/mol. The number of rotatable bonds is 4. The molecule has 1 saturated heterocycles. The van der Waals surface area contributed by atoms with Gasteiger partial charge in [0.2, 0.25) is 0 Å². The highest BCUT2D eigenvalue weighted by molar-refractivity contribution is 6.30. The van der Waals surface area contributed by atoms with Crippen molar-refractivity contribution < 1.29 is 9.53 Å². The van der Waals surface area contributed by atoms with Gasteiger partial charge < -0.3 is 15.0 Å². The third-order valence-electron chi connectivity index (χ3n) is 6.95. The first-order valence-electron chi connectivity index (χ1n) is 11.4. The zero-order chi connectivity index (χ0) is 22.4. The number of fused-ring (bicyclic) bond motifs is 5. The molecule has 5 rings (SSSR count). The minimum atomic E-state index is -0.333. The number of H-pyrrole nitrogens is 1. The number of carbonyl (C=O) groups excluding carboxylic acids is 1. The van der Waals surface area contributed by atoms with E-state index >= 15 is 0 Å². The Hall–Kier alpha value is -2.34. The fourth-order valence-corrected chi connectivity index (χ4v) is 5.99. The highest BCUT2D eigenvalue weighted by atomic mass is 35.5. The number of hydrogen-bond acceptors (Lipinski definition) is 4. The van der Waals surface area contributed by atoms with E-state index in [1.807, 2.05) is 18.2 Å². The van der Waals surface area contributed by atoms with E-state index in [4.69, 9.17) is 16.3 Å². The Labute approximate surface area is 194 Å². The number of methoxy groups -OCH3 is 1. The molecule has 0 aliphatic carbocycles. The number of nitrogens with one attached hydrogen (secondary N) is 2. The molecule has 1 fully saturated rings. The van der Waals surface area contributed by atoms with Crippen LogP contribution in [0.4, 0.5) is 0 Å². The van der Waals surface area contributed by atoms with Gasteiger partial charge in [0.25, 0.3) is 0 Å². The largest absolute Gasteiger partial charge is 0.468 e. The predicted octanol–water partition coefficient (Wildman–Crippen LogP) is 5.16. The topological polar surface area (TPSA) is 57.4 Å². The molecule has 0 radical (unpaired) electrons. The zero-order valence-corrected chi connectivity index (χ0v) is 19.5. The summed E-state index contributed by atoms with van der Waals surface area (Å²) in [6.07, 6.45) is 2.49. The van der Waals surface area contributed by atoms with Crippen LogP contribution >= 0.6 is 11.6 Å². The third-order valence-corrected chi connectivity index (χ3v) is 7.18. The molecule has 0 spiro atoms. The van der Waals surface area contributed by atoms with Crippen LogP contribution in [-0.2, 0) is 16.0 Å². The van der Waals surface area contributed by atoms with Crippen molar-refractivity contribution >= 4 is 28.5 Å². The second-order valence-electron chi connectivity index (χ2n) is 9.33. The first kappa shape index (κ1) is 21.5. The van der Waals surface area contributed by atoms with Gasteiger partial charge in [0, 0.05) is 46.2 Å². The van der Waals surface area contributed by atoms with Crippen LogP contribution in [0.15, 0.2) is 48.5 Å². The number of hydrogen-bond donors (Lipinski definition) is 2. The quantitative estimate of drug-likeness (QED) is 0.537. The van der Waals surface area contributed by atoms with Crippen molar-refractivity contribution in [2.24, 2.45) is 0 Å². The summed E-state index contributed by atoms with van der Waals surface area (Å²) < 4.78 is 5.31. The molecule has 168 valence electrons. The Bertz CT molecular complexity index is 1140. The Morgan fingerprint density at radius 2 is 1.94 bits per heavy atom. The van der Waals surface area contributed by atoms with Gasteiger partial charge in [-0.2, -0.15) is 0 Å². The summed E-state index contributed by atoms with van der Waals surface area (Å²) in [6, 6.07) is 17.0. The zero-order valence-electron chi connectivity index (χ0n) is 18.8. The van der Waals surface area contributed by atoms with Crippen molar-refractivity contribution in [3.63, 3.8) is 0 Å². The maximum absolute atomic E-state index is 13.1. The van der Waals surface area contributed by atoms with Crippen LogP contribution < -0.4 is 5.32 Å². The van der Waals surface area contributed by atoms with E-state index in [0.29, 0.717) is 18.5 Å². The highest BCUT2D eigenvalue weighted by Crippen LogP contribution is 2.49. The normalized spacial score (nSPS) is 25.5. The predicted molar refractivity (Wildman–Crippen MR) is 128 cm³/mol. The number of para-hydroxylation sites is 1. The van der Waals surface area contributed by atoms with Crippen molar-refractivity contribution in [1.82, 2.24) is 15.2 Å². The molecule has 1 aromatic heterocycles. The van der Waals surface area contributed by atoms with Crippen LogP contribution in [0.25, 0.3) is 10.9 Å². The molecule has 0 saturated carbocycles. The molecular weight excluding hydrogens is 422 g/mol. The molecule has 3 aromatic rings. The first-order valence-corrected chi connectivity index (χ1v) is 11.8. The summed E-state index contributed by atoms with van der Waals surface area (Å²) in [7, 11) is 1.49. The van der Waals surface area contributed by atoms with Gasteiger partial charge in [-0.25, -0.2) is 0 Å². The lowest BCUT2D eigenvalue weighted by Gasteiger charge is -2.51. The summed E-state index contributed by atoms with van der Waals surface area (Å²) in [5.41, 5.74) is 4.74. The minimum absolute atomic E-state index is 0.0624. The molecule has 5 nitrogen and oxygen atoms in total. The van der Waals surface area contributed by atoms with E-state index in [1.165, 1.54) is 23.8 Å². The molecule has 0 amide bonds. The van der Waals surface area contributed by atoms with Gasteiger partial charge in [-0.05, 0) is 42.2 Å². The molecule has 32 heavy (non-hydrogen) atoms. The lowest BCUT2D eigenvalue weighted by Crippen LogP contribution is -2.56. The molecule has 2 N–H and O–H groups in total. The number of carbonyl (C=O) groups is 1. The van der Waals surface area contributed by atoms with Gasteiger partial charge in [-0.3, -0.25) is 9.69 Å². The number of halogens is 1. The maximum atomic E-state index is 13.1. The van der Waals surface area contributed by atoms with Gasteiger partial charge in [0.1, 0.15) is 6.04 Å². The number of ether oxygens (including phenoxy) is 1. The number of esters is 1. The average Bonchev–Trinajstić information content (AvgIpc) is 3.16. The Morgan fingerprint density at radius 3 is 2.69 bits per heavy atom. The highest BCUT2D eigenvalue weighted by Gasteiger charge is 2.48. The van der Waals surface area contributed by atoms with E-state index < -0.39 is 0 Å². The van der Waals surface area contributed by atoms with Crippen molar-refractivity contribution in [1.29, 1.82) is 0 Å². The lowest BCUT2D eigenvalue weighted by atomic mass is 9.79. The molecule has 2 aliphatic rings. The second-order valence-corrected chi connectivity index (χ2v) is 9.77. The van der Waals surface area contributed by atoms with Crippen LogP contribution in [0.5, 0.6) is 0 Å². The lowest BCUT2D eigenvalue weighted by molar-refractivity contribution is -0.152. The summed E-state index contributed by atoms with van der Waals surface area (Å²) in [6.45, 7) is 4.38. The molecule has 3 heterocycles. The number of benzene rings is 2. The summed E-state index contributed by atoms with van der Waals surface area (Å²) in [4.78, 5) is 19.2. The molecular formula is C26H30ClN3O2. The first-order chi connectivity index (χ1) is 15.5. The van der Waals surface area contributed by atoms with Gasteiger partial charge in [-0.15, -0.1) is 0 Å². The standard InChI is InChI=1S/C26H30ClN3O2/c1-15(2)28-18-12-22(16-7-6-8-17(27)11-16)30-23(13-18)25-20(14-24(30)26(31)32-3)19-9-4-5-10-21(19)29-25/h4-11,15,18,22-24,28-29H,12-14H2,1-3H3/t18-,22+,23-,24+/m1/s1.